The Hall–Kier alpha value is -1.95. The molecule has 0 spiro atoms. The topological polar surface area (TPSA) is 76.8 Å². The van der Waals surface area contributed by atoms with Gasteiger partial charge in [0.15, 0.2) is 0 Å². The molecule has 1 aliphatic heterocycles. The number of hydrogen-bond donors (Lipinski definition) is 2. The lowest BCUT2D eigenvalue weighted by Crippen LogP contribution is -2.58. The zero-order valence-corrected chi connectivity index (χ0v) is 15.9. The number of carbonyl (C=O) groups is 1. The number of methoxy groups -OCH3 is 2. The Morgan fingerprint density at radius 2 is 1.65 bits per heavy atom. The van der Waals surface area contributed by atoms with Gasteiger partial charge in [0.2, 0.25) is 5.91 Å². The maximum absolute atomic E-state index is 12.9. The first-order valence-electron chi connectivity index (χ1n) is 9.62. The summed E-state index contributed by atoms with van der Waals surface area (Å²) in [5, 5.41) is 3.55. The summed E-state index contributed by atoms with van der Waals surface area (Å²) in [5.74, 6) is 1.68. The zero-order valence-electron chi connectivity index (χ0n) is 15.9. The lowest BCUT2D eigenvalue weighted by molar-refractivity contribution is -0.139. The number of nitrogens with two attached hydrogens (primary N) is 1. The van der Waals surface area contributed by atoms with Gasteiger partial charge < -0.3 is 25.4 Å². The Labute approximate surface area is 156 Å². The maximum Gasteiger partial charge on any atom is 0.242 e. The molecule has 2 aliphatic rings. The van der Waals surface area contributed by atoms with Crippen molar-refractivity contribution in [1.29, 1.82) is 0 Å². The molecular formula is C20H31N3O3. The number of likely N-dealkylation sites (tertiary alicyclic amines) is 1. The molecule has 0 aromatic heterocycles. The van der Waals surface area contributed by atoms with Crippen LogP contribution in [-0.2, 0) is 4.79 Å². The molecule has 1 heterocycles. The van der Waals surface area contributed by atoms with E-state index in [0.29, 0.717) is 6.04 Å². The summed E-state index contributed by atoms with van der Waals surface area (Å²) < 4.78 is 10.7. The van der Waals surface area contributed by atoms with E-state index in [1.165, 1.54) is 6.42 Å². The van der Waals surface area contributed by atoms with E-state index in [2.05, 4.69) is 5.32 Å². The molecule has 3 rings (SSSR count). The normalized spacial score (nSPS) is 20.5. The highest BCUT2D eigenvalue weighted by Crippen LogP contribution is 2.30. The van der Waals surface area contributed by atoms with Gasteiger partial charge in [-0.05, 0) is 25.7 Å². The van der Waals surface area contributed by atoms with Gasteiger partial charge >= 0.3 is 0 Å². The number of anilines is 1. The number of ether oxygens (including phenoxy) is 2. The van der Waals surface area contributed by atoms with Crippen molar-refractivity contribution in [3.05, 3.63) is 18.2 Å². The first kappa shape index (κ1) is 18.8. The number of rotatable bonds is 5. The molecule has 26 heavy (non-hydrogen) atoms. The molecule has 1 aromatic rings. The Kier molecular flexibility index (Phi) is 5.91. The van der Waals surface area contributed by atoms with Crippen molar-refractivity contribution >= 4 is 11.6 Å². The summed E-state index contributed by atoms with van der Waals surface area (Å²) in [5.41, 5.74) is 6.77. The van der Waals surface area contributed by atoms with Gasteiger partial charge in [-0.25, -0.2) is 0 Å². The SMILES string of the molecule is COc1cc(NC2CCN(C(=O)C3(N)CCCCC3)CC2)cc(OC)c1. The Morgan fingerprint density at radius 3 is 2.19 bits per heavy atom. The van der Waals surface area contributed by atoms with Crippen molar-refractivity contribution in [2.75, 3.05) is 32.6 Å². The molecule has 144 valence electrons. The van der Waals surface area contributed by atoms with E-state index in [1.807, 2.05) is 23.1 Å². The third-order valence-corrected chi connectivity index (χ3v) is 5.68. The first-order chi connectivity index (χ1) is 12.5. The summed E-state index contributed by atoms with van der Waals surface area (Å²) in [7, 11) is 3.30. The molecule has 3 N–H and O–H groups in total. The fourth-order valence-electron chi connectivity index (χ4n) is 4.06. The van der Waals surface area contributed by atoms with Gasteiger partial charge in [-0.2, -0.15) is 0 Å². The van der Waals surface area contributed by atoms with Crippen LogP contribution in [0.25, 0.3) is 0 Å². The molecular weight excluding hydrogens is 330 g/mol. The van der Waals surface area contributed by atoms with Crippen molar-refractivity contribution in [3.8, 4) is 11.5 Å². The highest BCUT2D eigenvalue weighted by Gasteiger charge is 2.39. The molecule has 0 unspecified atom stereocenters. The van der Waals surface area contributed by atoms with E-state index in [4.69, 9.17) is 15.2 Å². The zero-order chi connectivity index (χ0) is 18.6. The largest absolute Gasteiger partial charge is 0.497 e. The van der Waals surface area contributed by atoms with Crippen molar-refractivity contribution in [2.24, 2.45) is 5.73 Å². The minimum atomic E-state index is -0.626. The molecule has 0 bridgehead atoms. The average Bonchev–Trinajstić information content (AvgIpc) is 2.68. The van der Waals surface area contributed by atoms with Crippen LogP contribution in [0.2, 0.25) is 0 Å². The second kappa shape index (κ2) is 8.16. The Bertz CT molecular complexity index is 598. The molecule has 1 aliphatic carbocycles. The van der Waals surface area contributed by atoms with Gasteiger partial charge in [-0.1, -0.05) is 19.3 Å². The van der Waals surface area contributed by atoms with Gasteiger partial charge in [-0.3, -0.25) is 4.79 Å². The molecule has 0 atom stereocenters. The van der Waals surface area contributed by atoms with Crippen LogP contribution < -0.4 is 20.5 Å². The number of amides is 1. The van der Waals surface area contributed by atoms with Crippen LogP contribution in [0.15, 0.2) is 18.2 Å². The first-order valence-corrected chi connectivity index (χ1v) is 9.62. The van der Waals surface area contributed by atoms with E-state index in [9.17, 15) is 4.79 Å². The third-order valence-electron chi connectivity index (χ3n) is 5.68. The summed E-state index contributed by atoms with van der Waals surface area (Å²) in [6.07, 6.45) is 6.82. The molecule has 1 saturated carbocycles. The van der Waals surface area contributed by atoms with E-state index in [0.717, 1.165) is 68.8 Å². The second-order valence-corrected chi connectivity index (χ2v) is 7.53. The van der Waals surface area contributed by atoms with Crippen LogP contribution in [0.4, 0.5) is 5.69 Å². The molecule has 1 aromatic carbocycles. The number of carbonyl (C=O) groups excluding carboxylic acids is 1. The standard InChI is InChI=1S/C20H31N3O3/c1-25-17-12-16(13-18(14-17)26-2)22-15-6-10-23(11-7-15)19(24)20(21)8-4-3-5-9-20/h12-15,22H,3-11,21H2,1-2H3. The highest BCUT2D eigenvalue weighted by molar-refractivity contribution is 5.86. The van der Waals surface area contributed by atoms with Crippen LogP contribution in [0, 0.1) is 0 Å². The number of nitrogens with zero attached hydrogens (tertiary/aromatic N) is 1. The lowest BCUT2D eigenvalue weighted by atomic mass is 9.81. The van der Waals surface area contributed by atoms with E-state index in [1.54, 1.807) is 14.2 Å². The average molecular weight is 361 g/mol. The van der Waals surface area contributed by atoms with Gasteiger partial charge in [-0.15, -0.1) is 0 Å². The van der Waals surface area contributed by atoms with Crippen LogP contribution in [0.1, 0.15) is 44.9 Å². The summed E-state index contributed by atoms with van der Waals surface area (Å²) in [6, 6.07) is 6.13. The van der Waals surface area contributed by atoms with Gasteiger partial charge in [0.05, 0.1) is 19.8 Å². The fourth-order valence-corrected chi connectivity index (χ4v) is 4.06. The highest BCUT2D eigenvalue weighted by atomic mass is 16.5. The number of nitrogens with one attached hydrogen (secondary N) is 1. The Balaban J connectivity index is 1.56. The maximum atomic E-state index is 12.9. The van der Waals surface area contributed by atoms with Gasteiger partial charge in [0.25, 0.3) is 0 Å². The molecule has 0 radical (unpaired) electrons. The van der Waals surface area contributed by atoms with Crippen molar-refractivity contribution in [2.45, 2.75) is 56.5 Å². The summed E-state index contributed by atoms with van der Waals surface area (Å²) >= 11 is 0. The number of piperidine rings is 1. The van der Waals surface area contributed by atoms with E-state index < -0.39 is 5.54 Å². The minimum absolute atomic E-state index is 0.152. The molecule has 1 amide bonds. The van der Waals surface area contributed by atoms with Gasteiger partial charge in [0, 0.05) is 43.0 Å². The van der Waals surface area contributed by atoms with Gasteiger partial charge in [0.1, 0.15) is 11.5 Å². The Morgan fingerprint density at radius 1 is 1.08 bits per heavy atom. The minimum Gasteiger partial charge on any atom is -0.497 e. The quantitative estimate of drug-likeness (QED) is 0.843. The molecule has 6 nitrogen and oxygen atoms in total. The van der Waals surface area contributed by atoms with E-state index in [-0.39, 0.29) is 5.91 Å². The number of benzene rings is 1. The van der Waals surface area contributed by atoms with Crippen molar-refractivity contribution in [1.82, 2.24) is 4.90 Å². The van der Waals surface area contributed by atoms with Crippen molar-refractivity contribution in [3.63, 3.8) is 0 Å². The van der Waals surface area contributed by atoms with E-state index >= 15 is 0 Å². The fraction of sp³-hybridized carbons (Fsp3) is 0.650. The summed E-state index contributed by atoms with van der Waals surface area (Å²) in [4.78, 5) is 14.8. The monoisotopic (exact) mass is 361 g/mol. The molecule has 2 fully saturated rings. The van der Waals surface area contributed by atoms with Crippen LogP contribution in [0.3, 0.4) is 0 Å². The van der Waals surface area contributed by atoms with Crippen molar-refractivity contribution < 1.29 is 14.3 Å². The second-order valence-electron chi connectivity index (χ2n) is 7.53. The van der Waals surface area contributed by atoms with Crippen LogP contribution in [-0.4, -0.2) is 49.7 Å². The molecule has 1 saturated heterocycles. The molecule has 6 heteroatoms. The predicted molar refractivity (Wildman–Crippen MR) is 103 cm³/mol. The summed E-state index contributed by atoms with van der Waals surface area (Å²) in [6.45, 7) is 1.52. The lowest BCUT2D eigenvalue weighted by Gasteiger charge is -2.40. The predicted octanol–water partition coefficient (Wildman–Crippen LogP) is 2.77. The number of hydrogen-bond acceptors (Lipinski definition) is 5. The van der Waals surface area contributed by atoms with Crippen LogP contribution >= 0.6 is 0 Å². The van der Waals surface area contributed by atoms with Crippen LogP contribution in [0.5, 0.6) is 11.5 Å². The smallest absolute Gasteiger partial charge is 0.242 e. The third kappa shape index (κ3) is 4.23.